The van der Waals surface area contributed by atoms with E-state index in [0.29, 0.717) is 12.6 Å². The van der Waals surface area contributed by atoms with Crippen LogP contribution in [0.3, 0.4) is 0 Å². The molecule has 1 aliphatic rings. The molecule has 1 aromatic rings. The lowest BCUT2D eigenvalue weighted by molar-refractivity contribution is 0.134. The van der Waals surface area contributed by atoms with Crippen LogP contribution in [0.4, 0.5) is 4.39 Å². The second kappa shape index (κ2) is 6.50. The van der Waals surface area contributed by atoms with Crippen molar-refractivity contribution in [1.82, 2.24) is 4.90 Å². The van der Waals surface area contributed by atoms with Crippen molar-refractivity contribution in [3.63, 3.8) is 0 Å². The maximum Gasteiger partial charge on any atom is 0.142 e. The number of rotatable bonds is 4. The van der Waals surface area contributed by atoms with Crippen LogP contribution in [-0.2, 0) is 6.54 Å². The van der Waals surface area contributed by atoms with Gasteiger partial charge < -0.3 is 5.73 Å². The predicted octanol–water partition coefficient (Wildman–Crippen LogP) is 3.18. The molecule has 4 heteroatoms. The first-order valence-electron chi connectivity index (χ1n) is 6.59. The number of likely N-dealkylation sites (tertiary alicyclic amines) is 1. The van der Waals surface area contributed by atoms with Crippen molar-refractivity contribution in [2.75, 3.05) is 13.1 Å². The topological polar surface area (TPSA) is 29.3 Å². The summed E-state index contributed by atoms with van der Waals surface area (Å²) in [7, 11) is 0. The fraction of sp³-hybridized carbons (Fsp3) is 0.571. The summed E-state index contributed by atoms with van der Waals surface area (Å²) in [6.07, 6.45) is 4.66. The number of halogens is 2. The molecule has 0 spiro atoms. The average molecular weight is 271 g/mol. The molecule has 0 aromatic heterocycles. The van der Waals surface area contributed by atoms with Crippen molar-refractivity contribution >= 4 is 11.6 Å². The van der Waals surface area contributed by atoms with Gasteiger partial charge in [0.1, 0.15) is 5.82 Å². The number of nitrogens with zero attached hydrogens (tertiary/aromatic N) is 1. The molecular formula is C14H20ClFN2. The predicted molar refractivity (Wildman–Crippen MR) is 73.1 cm³/mol. The van der Waals surface area contributed by atoms with Gasteiger partial charge in [0.25, 0.3) is 0 Å². The first-order valence-corrected chi connectivity index (χ1v) is 6.97. The number of hydrogen-bond acceptors (Lipinski definition) is 2. The third-order valence-electron chi connectivity index (χ3n) is 3.65. The van der Waals surface area contributed by atoms with Crippen molar-refractivity contribution in [3.05, 3.63) is 34.6 Å². The molecule has 1 aliphatic heterocycles. The number of nitrogens with two attached hydrogens (primary N) is 1. The van der Waals surface area contributed by atoms with Gasteiger partial charge in [-0.3, -0.25) is 4.90 Å². The van der Waals surface area contributed by atoms with E-state index >= 15 is 0 Å². The Bertz CT molecular complexity index is 395. The van der Waals surface area contributed by atoms with E-state index in [-0.39, 0.29) is 10.8 Å². The number of hydrogen-bond donors (Lipinski definition) is 1. The Hall–Kier alpha value is -0.640. The smallest absolute Gasteiger partial charge is 0.142 e. The SMILES string of the molecule is NCCC1CCCCN1Cc1cccc(F)c1Cl. The van der Waals surface area contributed by atoms with E-state index in [9.17, 15) is 4.39 Å². The van der Waals surface area contributed by atoms with Crippen molar-refractivity contribution in [3.8, 4) is 0 Å². The largest absolute Gasteiger partial charge is 0.330 e. The van der Waals surface area contributed by atoms with Gasteiger partial charge in [0.05, 0.1) is 5.02 Å². The minimum Gasteiger partial charge on any atom is -0.330 e. The van der Waals surface area contributed by atoms with Crippen LogP contribution in [0.1, 0.15) is 31.2 Å². The van der Waals surface area contributed by atoms with Gasteiger partial charge in [-0.1, -0.05) is 30.2 Å². The highest BCUT2D eigenvalue weighted by atomic mass is 35.5. The molecule has 1 heterocycles. The summed E-state index contributed by atoms with van der Waals surface area (Å²) >= 11 is 6.01. The third kappa shape index (κ3) is 3.22. The second-order valence-corrected chi connectivity index (χ2v) is 5.29. The molecule has 1 unspecified atom stereocenters. The van der Waals surface area contributed by atoms with Gasteiger partial charge in [0.15, 0.2) is 0 Å². The maximum atomic E-state index is 13.4. The molecule has 1 aromatic carbocycles. The van der Waals surface area contributed by atoms with Gasteiger partial charge in [0, 0.05) is 12.6 Å². The fourth-order valence-corrected chi connectivity index (χ4v) is 2.86. The minimum atomic E-state index is -0.332. The zero-order chi connectivity index (χ0) is 13.0. The van der Waals surface area contributed by atoms with Gasteiger partial charge >= 0.3 is 0 Å². The summed E-state index contributed by atoms with van der Waals surface area (Å²) in [5.41, 5.74) is 6.53. The molecule has 0 aliphatic carbocycles. The lowest BCUT2D eigenvalue weighted by Gasteiger charge is -2.35. The molecule has 2 nitrogen and oxygen atoms in total. The normalized spacial score (nSPS) is 21.2. The van der Waals surface area contributed by atoms with Gasteiger partial charge in [-0.05, 0) is 44.0 Å². The molecule has 18 heavy (non-hydrogen) atoms. The second-order valence-electron chi connectivity index (χ2n) is 4.91. The van der Waals surface area contributed by atoms with Gasteiger partial charge in [-0.25, -0.2) is 4.39 Å². The molecule has 1 fully saturated rings. The summed E-state index contributed by atoms with van der Waals surface area (Å²) in [4.78, 5) is 2.39. The van der Waals surface area contributed by atoms with E-state index < -0.39 is 0 Å². The molecule has 1 atom stereocenters. The Labute approximate surface area is 113 Å². The van der Waals surface area contributed by atoms with E-state index in [2.05, 4.69) is 4.90 Å². The van der Waals surface area contributed by atoms with E-state index in [1.807, 2.05) is 6.07 Å². The Morgan fingerprint density at radius 1 is 1.39 bits per heavy atom. The molecule has 0 saturated carbocycles. The molecule has 1 saturated heterocycles. The number of piperidine rings is 1. The lowest BCUT2D eigenvalue weighted by Crippen LogP contribution is -2.40. The molecular weight excluding hydrogens is 251 g/mol. The van der Waals surface area contributed by atoms with Crippen LogP contribution < -0.4 is 5.73 Å². The van der Waals surface area contributed by atoms with Crippen LogP contribution in [0.15, 0.2) is 18.2 Å². The Morgan fingerprint density at radius 2 is 2.22 bits per heavy atom. The third-order valence-corrected chi connectivity index (χ3v) is 4.08. The molecule has 2 rings (SSSR count). The quantitative estimate of drug-likeness (QED) is 0.911. The Kier molecular flexibility index (Phi) is 4.98. The monoisotopic (exact) mass is 270 g/mol. The summed E-state index contributed by atoms with van der Waals surface area (Å²) in [5, 5.41) is 0.259. The van der Waals surface area contributed by atoms with Gasteiger partial charge in [0.2, 0.25) is 0 Å². The van der Waals surface area contributed by atoms with Gasteiger partial charge in [-0.15, -0.1) is 0 Å². The number of benzene rings is 1. The summed E-state index contributed by atoms with van der Waals surface area (Å²) < 4.78 is 13.4. The maximum absolute atomic E-state index is 13.4. The van der Waals surface area contributed by atoms with Crippen LogP contribution in [0.25, 0.3) is 0 Å². The van der Waals surface area contributed by atoms with E-state index in [1.165, 1.54) is 25.3 Å². The van der Waals surface area contributed by atoms with Crippen molar-refractivity contribution in [2.45, 2.75) is 38.3 Å². The first-order chi connectivity index (χ1) is 8.72. The molecule has 2 N–H and O–H groups in total. The van der Waals surface area contributed by atoms with Crippen LogP contribution in [0, 0.1) is 5.82 Å². The van der Waals surface area contributed by atoms with Crippen LogP contribution in [-0.4, -0.2) is 24.0 Å². The molecule has 0 radical (unpaired) electrons. The average Bonchev–Trinajstić information content (AvgIpc) is 2.37. The zero-order valence-electron chi connectivity index (χ0n) is 10.5. The van der Waals surface area contributed by atoms with Crippen LogP contribution in [0.5, 0.6) is 0 Å². The van der Waals surface area contributed by atoms with Crippen LogP contribution >= 0.6 is 11.6 Å². The highest BCUT2D eigenvalue weighted by Crippen LogP contribution is 2.26. The Balaban J connectivity index is 2.08. The molecule has 0 amide bonds. The standard InChI is InChI=1S/C14H20ClFN2/c15-14-11(4-3-6-13(14)16)10-18-9-2-1-5-12(18)7-8-17/h3-4,6,12H,1-2,5,7-10,17H2. The van der Waals surface area contributed by atoms with E-state index in [4.69, 9.17) is 17.3 Å². The summed E-state index contributed by atoms with van der Waals surface area (Å²) in [6, 6.07) is 5.54. The zero-order valence-corrected chi connectivity index (χ0v) is 11.3. The van der Waals surface area contributed by atoms with E-state index in [1.54, 1.807) is 6.07 Å². The lowest BCUT2D eigenvalue weighted by atomic mass is 9.98. The highest BCUT2D eigenvalue weighted by molar-refractivity contribution is 6.31. The first kappa shape index (κ1) is 13.8. The van der Waals surface area contributed by atoms with Crippen molar-refractivity contribution in [1.29, 1.82) is 0 Å². The highest BCUT2D eigenvalue weighted by Gasteiger charge is 2.22. The van der Waals surface area contributed by atoms with Gasteiger partial charge in [-0.2, -0.15) is 0 Å². The Morgan fingerprint density at radius 3 is 3.00 bits per heavy atom. The van der Waals surface area contributed by atoms with E-state index in [0.717, 1.165) is 25.1 Å². The van der Waals surface area contributed by atoms with Crippen LogP contribution in [0.2, 0.25) is 5.02 Å². The minimum absolute atomic E-state index is 0.259. The van der Waals surface area contributed by atoms with Crippen molar-refractivity contribution in [2.24, 2.45) is 5.73 Å². The fourth-order valence-electron chi connectivity index (χ4n) is 2.68. The summed E-state index contributed by atoms with van der Waals surface area (Å²) in [5.74, 6) is -0.332. The molecule has 100 valence electrons. The molecule has 0 bridgehead atoms. The van der Waals surface area contributed by atoms with Crippen molar-refractivity contribution < 1.29 is 4.39 Å². The summed E-state index contributed by atoms with van der Waals surface area (Å²) in [6.45, 7) is 2.48.